The topological polar surface area (TPSA) is 94.4 Å². The molecule has 1 N–H and O–H groups in total. The van der Waals surface area contributed by atoms with Crippen molar-refractivity contribution in [2.24, 2.45) is 0 Å². The normalized spacial score (nSPS) is 11.3. The average Bonchev–Trinajstić information content (AvgIpc) is 3.48. The van der Waals surface area contributed by atoms with E-state index in [9.17, 15) is 0 Å². The summed E-state index contributed by atoms with van der Waals surface area (Å²) in [7, 11) is 0. The highest BCUT2D eigenvalue weighted by molar-refractivity contribution is 6.34. The third-order valence-electron chi connectivity index (χ3n) is 5.74. The van der Waals surface area contributed by atoms with Crippen LogP contribution in [0.1, 0.15) is 35.1 Å². The molecule has 0 aliphatic heterocycles. The van der Waals surface area contributed by atoms with Gasteiger partial charge in [0.1, 0.15) is 23.7 Å². The smallest absolute Gasteiger partial charge is 0.206 e. The molecule has 0 saturated heterocycles. The summed E-state index contributed by atoms with van der Waals surface area (Å²) < 4.78 is 8.20. The second-order valence-electron chi connectivity index (χ2n) is 8.17. The molecular formula is C25H24ClN7O. The molecule has 0 saturated carbocycles. The summed E-state index contributed by atoms with van der Waals surface area (Å²) in [5, 5.41) is 14.6. The van der Waals surface area contributed by atoms with Gasteiger partial charge in [0, 0.05) is 23.2 Å². The first-order chi connectivity index (χ1) is 16.5. The molecule has 0 unspecified atom stereocenters. The Morgan fingerprint density at radius 1 is 1.06 bits per heavy atom. The Morgan fingerprint density at radius 3 is 2.62 bits per heavy atom. The van der Waals surface area contributed by atoms with E-state index in [0.717, 1.165) is 51.5 Å². The molecule has 0 atom stereocenters. The maximum atomic E-state index is 6.55. The standard InChI is InChI=1S/C25H24ClN7O/c1-4-21-28-23-15(2)12-16(3)27-25(23)33(21)13-17-8-10-19(11-9-17)34-14-18-6-5-7-20(22(18)26)24-29-31-32-30-24/h5-12H,4,13-14H2,1-3H3,(H,29,30,31,32). The van der Waals surface area contributed by atoms with E-state index in [1.165, 1.54) is 0 Å². The van der Waals surface area contributed by atoms with E-state index in [-0.39, 0.29) is 0 Å². The first-order valence-corrected chi connectivity index (χ1v) is 11.5. The maximum Gasteiger partial charge on any atom is 0.206 e. The average molecular weight is 474 g/mol. The molecule has 34 heavy (non-hydrogen) atoms. The first kappa shape index (κ1) is 22.0. The SMILES string of the molecule is CCc1nc2c(C)cc(C)nc2n1Cc1ccc(OCc2cccc(-c3nn[nH]n3)c2Cl)cc1. The van der Waals surface area contributed by atoms with Crippen LogP contribution in [0.25, 0.3) is 22.6 Å². The second kappa shape index (κ2) is 9.23. The van der Waals surface area contributed by atoms with Crippen molar-refractivity contribution in [3.63, 3.8) is 0 Å². The van der Waals surface area contributed by atoms with Gasteiger partial charge in [-0.2, -0.15) is 5.21 Å². The fourth-order valence-corrected chi connectivity index (χ4v) is 4.32. The molecule has 0 aliphatic carbocycles. The van der Waals surface area contributed by atoms with Gasteiger partial charge in [-0.25, -0.2) is 9.97 Å². The fraction of sp³-hybridized carbons (Fsp3) is 0.240. The van der Waals surface area contributed by atoms with E-state index in [1.54, 1.807) is 0 Å². The van der Waals surface area contributed by atoms with Gasteiger partial charge in [-0.05, 0) is 54.5 Å². The van der Waals surface area contributed by atoms with E-state index >= 15 is 0 Å². The number of benzene rings is 2. The summed E-state index contributed by atoms with van der Waals surface area (Å²) in [6.45, 7) is 7.26. The number of rotatable bonds is 7. The van der Waals surface area contributed by atoms with Crippen molar-refractivity contribution in [2.45, 2.75) is 40.3 Å². The highest BCUT2D eigenvalue weighted by Crippen LogP contribution is 2.29. The molecule has 8 nitrogen and oxygen atoms in total. The number of hydrogen-bond acceptors (Lipinski definition) is 6. The highest BCUT2D eigenvalue weighted by Gasteiger charge is 2.14. The van der Waals surface area contributed by atoms with Gasteiger partial charge in [0.05, 0.1) is 11.6 Å². The molecule has 172 valence electrons. The van der Waals surface area contributed by atoms with E-state index in [0.29, 0.717) is 29.6 Å². The summed E-state index contributed by atoms with van der Waals surface area (Å²) in [6, 6.07) is 15.8. The summed E-state index contributed by atoms with van der Waals surface area (Å²) in [6.07, 6.45) is 0.847. The summed E-state index contributed by atoms with van der Waals surface area (Å²) in [5.41, 5.74) is 6.78. The molecular weight excluding hydrogens is 450 g/mol. The van der Waals surface area contributed by atoms with Crippen LogP contribution in [0.2, 0.25) is 5.02 Å². The zero-order valence-corrected chi connectivity index (χ0v) is 20.0. The number of ether oxygens (including phenoxy) is 1. The maximum absolute atomic E-state index is 6.55. The minimum atomic E-state index is 0.332. The highest BCUT2D eigenvalue weighted by atomic mass is 35.5. The summed E-state index contributed by atoms with van der Waals surface area (Å²) in [5.74, 6) is 2.25. The number of halogens is 1. The van der Waals surface area contributed by atoms with Gasteiger partial charge >= 0.3 is 0 Å². The molecule has 0 aliphatic rings. The molecule has 9 heteroatoms. The third-order valence-corrected chi connectivity index (χ3v) is 6.19. The predicted molar refractivity (Wildman–Crippen MR) is 131 cm³/mol. The van der Waals surface area contributed by atoms with Crippen molar-refractivity contribution < 1.29 is 4.74 Å². The Balaban J connectivity index is 1.32. The molecule has 2 aromatic carbocycles. The third kappa shape index (κ3) is 4.24. The Labute approximate surface area is 202 Å². The Kier molecular flexibility index (Phi) is 5.98. The fourth-order valence-electron chi connectivity index (χ4n) is 4.06. The van der Waals surface area contributed by atoms with Crippen molar-refractivity contribution in [3.05, 3.63) is 81.8 Å². The Bertz CT molecular complexity index is 1440. The van der Waals surface area contributed by atoms with Gasteiger partial charge in [0.2, 0.25) is 5.82 Å². The number of nitrogens with one attached hydrogen (secondary N) is 1. The number of pyridine rings is 1. The minimum absolute atomic E-state index is 0.332. The number of aromatic amines is 1. The van der Waals surface area contributed by atoms with Gasteiger partial charge < -0.3 is 9.30 Å². The van der Waals surface area contributed by atoms with Gasteiger partial charge in [-0.1, -0.05) is 42.8 Å². The molecule has 5 rings (SSSR count). The van der Waals surface area contributed by atoms with Gasteiger partial charge in [0.25, 0.3) is 0 Å². The van der Waals surface area contributed by atoms with E-state index in [1.807, 2.05) is 37.3 Å². The first-order valence-electron chi connectivity index (χ1n) is 11.1. The molecule has 0 radical (unpaired) electrons. The predicted octanol–water partition coefficient (Wildman–Crippen LogP) is 5.07. The number of tetrazole rings is 1. The van der Waals surface area contributed by atoms with E-state index in [4.69, 9.17) is 26.3 Å². The van der Waals surface area contributed by atoms with Crippen molar-refractivity contribution in [1.29, 1.82) is 0 Å². The van der Waals surface area contributed by atoms with Crippen LogP contribution >= 0.6 is 11.6 Å². The van der Waals surface area contributed by atoms with Crippen LogP contribution < -0.4 is 4.74 Å². The number of H-pyrrole nitrogens is 1. The second-order valence-corrected chi connectivity index (χ2v) is 8.55. The zero-order chi connectivity index (χ0) is 23.7. The van der Waals surface area contributed by atoms with E-state index < -0.39 is 0 Å². The molecule has 3 aromatic heterocycles. The Morgan fingerprint density at radius 2 is 1.88 bits per heavy atom. The van der Waals surface area contributed by atoms with Crippen LogP contribution in [0.3, 0.4) is 0 Å². The lowest BCUT2D eigenvalue weighted by Crippen LogP contribution is -2.06. The van der Waals surface area contributed by atoms with Crippen LogP contribution in [0.5, 0.6) is 5.75 Å². The van der Waals surface area contributed by atoms with Crippen molar-refractivity contribution in [2.75, 3.05) is 0 Å². The molecule has 0 fully saturated rings. The number of aromatic nitrogens is 7. The number of nitrogens with zero attached hydrogens (tertiary/aromatic N) is 6. The van der Waals surface area contributed by atoms with Crippen molar-refractivity contribution >= 4 is 22.8 Å². The summed E-state index contributed by atoms with van der Waals surface area (Å²) in [4.78, 5) is 9.59. The number of imidazole rings is 1. The lowest BCUT2D eigenvalue weighted by Gasteiger charge is -2.11. The van der Waals surface area contributed by atoms with Crippen LogP contribution in [0, 0.1) is 13.8 Å². The lowest BCUT2D eigenvalue weighted by molar-refractivity contribution is 0.306. The van der Waals surface area contributed by atoms with Gasteiger partial charge in [-0.3, -0.25) is 0 Å². The molecule has 0 spiro atoms. The number of aryl methyl sites for hydroxylation is 3. The largest absolute Gasteiger partial charge is 0.489 e. The number of fused-ring (bicyclic) bond motifs is 1. The Hall–Kier alpha value is -3.78. The van der Waals surface area contributed by atoms with Gasteiger partial charge in [-0.15, -0.1) is 10.2 Å². The van der Waals surface area contributed by atoms with Gasteiger partial charge in [0.15, 0.2) is 5.65 Å². The molecule has 3 heterocycles. The molecule has 5 aromatic rings. The quantitative estimate of drug-likeness (QED) is 0.354. The van der Waals surface area contributed by atoms with Crippen LogP contribution in [-0.2, 0) is 19.6 Å². The minimum Gasteiger partial charge on any atom is -0.489 e. The summed E-state index contributed by atoms with van der Waals surface area (Å²) >= 11 is 6.55. The lowest BCUT2D eigenvalue weighted by atomic mass is 10.1. The van der Waals surface area contributed by atoms with Crippen molar-refractivity contribution in [1.82, 2.24) is 35.2 Å². The monoisotopic (exact) mass is 473 g/mol. The van der Waals surface area contributed by atoms with Crippen LogP contribution in [0.15, 0.2) is 48.5 Å². The molecule has 0 bridgehead atoms. The van der Waals surface area contributed by atoms with Crippen LogP contribution in [0.4, 0.5) is 0 Å². The number of hydrogen-bond donors (Lipinski definition) is 1. The molecule has 0 amide bonds. The van der Waals surface area contributed by atoms with E-state index in [2.05, 4.69) is 57.2 Å². The van der Waals surface area contributed by atoms with Crippen molar-refractivity contribution in [3.8, 4) is 17.1 Å². The zero-order valence-electron chi connectivity index (χ0n) is 19.2. The van der Waals surface area contributed by atoms with Crippen LogP contribution in [-0.4, -0.2) is 35.2 Å².